The minimum Gasteiger partial charge on any atom is -0.392 e. The maximum absolute atomic E-state index is 9.05. The molecule has 0 bridgehead atoms. The average molecular weight is 111 g/mol. The minimum absolute atomic E-state index is 0.148. The predicted molar refractivity (Wildman–Crippen MR) is 32.5 cm³/mol. The van der Waals surface area contributed by atoms with Gasteiger partial charge in [-0.2, -0.15) is 0 Å². The van der Waals surface area contributed by atoms with Crippen molar-refractivity contribution in [2.45, 2.75) is 25.5 Å². The molecule has 2 radical (unpaired) electrons. The van der Waals surface area contributed by atoms with E-state index in [1.807, 2.05) is 6.92 Å². The van der Waals surface area contributed by atoms with Crippen LogP contribution < -0.4 is 0 Å². The molecular formula is C5H10BNO. The number of rotatable bonds is 0. The molecule has 0 saturated carbocycles. The van der Waals surface area contributed by atoms with Crippen LogP contribution in [0.3, 0.4) is 0 Å². The first-order valence-electron chi connectivity index (χ1n) is 2.91. The molecule has 0 aromatic heterocycles. The van der Waals surface area contributed by atoms with Gasteiger partial charge in [0.15, 0.2) is 7.98 Å². The molecular weight excluding hydrogens is 101 g/mol. The quantitative estimate of drug-likeness (QED) is 0.427. The summed E-state index contributed by atoms with van der Waals surface area (Å²) in [5, 5.41) is 9.05. The van der Waals surface area contributed by atoms with Crippen molar-refractivity contribution in [2.24, 2.45) is 0 Å². The highest BCUT2D eigenvalue weighted by atomic mass is 16.3. The fourth-order valence-electron chi connectivity index (χ4n) is 0.947. The highest BCUT2D eigenvalue weighted by Gasteiger charge is 2.24. The Balaban J connectivity index is 2.44. The molecule has 0 amide bonds. The van der Waals surface area contributed by atoms with Crippen LogP contribution in [0.15, 0.2) is 0 Å². The Morgan fingerprint density at radius 2 is 2.38 bits per heavy atom. The van der Waals surface area contributed by atoms with Crippen molar-refractivity contribution in [3.8, 4) is 0 Å². The summed E-state index contributed by atoms with van der Waals surface area (Å²) in [5.74, 6) is 0. The van der Waals surface area contributed by atoms with Crippen LogP contribution in [0, 0.1) is 0 Å². The van der Waals surface area contributed by atoms with Crippen molar-refractivity contribution >= 4 is 7.98 Å². The van der Waals surface area contributed by atoms with Gasteiger partial charge < -0.3 is 9.92 Å². The topological polar surface area (TPSA) is 23.5 Å². The first-order chi connectivity index (χ1) is 3.72. The van der Waals surface area contributed by atoms with Crippen molar-refractivity contribution in [1.29, 1.82) is 0 Å². The average Bonchev–Trinajstić information content (AvgIpc) is 1.98. The van der Waals surface area contributed by atoms with E-state index >= 15 is 0 Å². The lowest BCUT2D eigenvalue weighted by Gasteiger charge is -2.16. The molecule has 1 fully saturated rings. The molecule has 1 saturated heterocycles. The molecule has 1 aliphatic rings. The van der Waals surface area contributed by atoms with E-state index in [-0.39, 0.29) is 12.1 Å². The first kappa shape index (κ1) is 6.11. The van der Waals surface area contributed by atoms with Gasteiger partial charge in [0.2, 0.25) is 0 Å². The van der Waals surface area contributed by atoms with Crippen molar-refractivity contribution in [1.82, 2.24) is 4.81 Å². The number of hydrogen-bond donors (Lipinski definition) is 1. The molecule has 3 heteroatoms. The Labute approximate surface area is 50.9 Å². The van der Waals surface area contributed by atoms with E-state index in [1.165, 1.54) is 0 Å². The normalized spacial score (nSPS) is 40.8. The zero-order chi connectivity index (χ0) is 6.15. The maximum atomic E-state index is 9.05. The molecule has 0 aromatic carbocycles. The van der Waals surface area contributed by atoms with E-state index in [0.29, 0.717) is 0 Å². The fourth-order valence-corrected chi connectivity index (χ4v) is 0.947. The molecule has 0 aliphatic carbocycles. The Morgan fingerprint density at radius 1 is 1.75 bits per heavy atom. The molecule has 1 rings (SSSR count). The fraction of sp³-hybridized carbons (Fsp3) is 1.00. The van der Waals surface area contributed by atoms with Gasteiger partial charge in [0, 0.05) is 6.04 Å². The summed E-state index contributed by atoms with van der Waals surface area (Å²) in [6.07, 6.45) is 0.609. The van der Waals surface area contributed by atoms with Crippen LogP contribution >= 0.6 is 0 Å². The van der Waals surface area contributed by atoms with Crippen LogP contribution in [0.5, 0.6) is 0 Å². The van der Waals surface area contributed by atoms with Crippen molar-refractivity contribution in [3.05, 3.63) is 0 Å². The van der Waals surface area contributed by atoms with Gasteiger partial charge in [-0.15, -0.1) is 0 Å². The van der Waals surface area contributed by atoms with Gasteiger partial charge >= 0.3 is 0 Å². The monoisotopic (exact) mass is 111 g/mol. The molecule has 1 heterocycles. The van der Waals surface area contributed by atoms with Crippen LogP contribution in [0.1, 0.15) is 13.3 Å². The van der Waals surface area contributed by atoms with Gasteiger partial charge in [-0.3, -0.25) is 0 Å². The largest absolute Gasteiger partial charge is 0.392 e. The lowest BCUT2D eigenvalue weighted by molar-refractivity contribution is 0.151. The van der Waals surface area contributed by atoms with E-state index in [9.17, 15) is 0 Å². The molecule has 2 unspecified atom stereocenters. The Bertz CT molecular complexity index is 78.5. The van der Waals surface area contributed by atoms with Gasteiger partial charge in [0.25, 0.3) is 0 Å². The zero-order valence-electron chi connectivity index (χ0n) is 5.04. The van der Waals surface area contributed by atoms with Gasteiger partial charge in [0.05, 0.1) is 6.10 Å². The zero-order valence-corrected chi connectivity index (χ0v) is 5.04. The number of hydrogen-bond acceptors (Lipinski definition) is 2. The van der Waals surface area contributed by atoms with Crippen LogP contribution in [-0.4, -0.2) is 36.6 Å². The van der Waals surface area contributed by atoms with Gasteiger partial charge in [-0.25, -0.2) is 0 Å². The number of nitrogens with zero attached hydrogens (tertiary/aromatic N) is 1. The molecule has 0 aromatic rings. The first-order valence-corrected chi connectivity index (χ1v) is 2.91. The Kier molecular flexibility index (Phi) is 1.58. The third kappa shape index (κ3) is 0.882. The van der Waals surface area contributed by atoms with E-state index < -0.39 is 0 Å². The van der Waals surface area contributed by atoms with Crippen LogP contribution in [-0.2, 0) is 0 Å². The molecule has 8 heavy (non-hydrogen) atoms. The lowest BCUT2D eigenvalue weighted by atomic mass is 10.2. The summed E-state index contributed by atoms with van der Waals surface area (Å²) in [6, 6.07) is 0.148. The second kappa shape index (κ2) is 2.07. The third-order valence-electron chi connectivity index (χ3n) is 1.76. The summed E-state index contributed by atoms with van der Waals surface area (Å²) < 4.78 is 0. The van der Waals surface area contributed by atoms with E-state index in [2.05, 4.69) is 0 Å². The molecule has 2 nitrogen and oxygen atoms in total. The summed E-state index contributed by atoms with van der Waals surface area (Å²) in [4.78, 5) is 1.67. The predicted octanol–water partition coefficient (Wildman–Crippen LogP) is -0.475. The Morgan fingerprint density at radius 3 is 2.50 bits per heavy atom. The molecule has 1 N–H and O–H groups in total. The molecule has 0 spiro atoms. The summed E-state index contributed by atoms with van der Waals surface area (Å²) in [5.41, 5.74) is 0. The van der Waals surface area contributed by atoms with E-state index in [0.717, 1.165) is 13.0 Å². The second-order valence-electron chi connectivity index (χ2n) is 2.33. The maximum Gasteiger partial charge on any atom is 0.182 e. The van der Waals surface area contributed by atoms with Crippen molar-refractivity contribution in [2.75, 3.05) is 6.54 Å². The van der Waals surface area contributed by atoms with Crippen LogP contribution in [0.4, 0.5) is 0 Å². The minimum atomic E-state index is -0.208. The van der Waals surface area contributed by atoms with Gasteiger partial charge in [-0.05, 0) is 19.9 Å². The molecule has 2 atom stereocenters. The van der Waals surface area contributed by atoms with Crippen LogP contribution in [0.25, 0.3) is 0 Å². The summed E-state index contributed by atoms with van der Waals surface area (Å²) in [7, 11) is 5.44. The lowest BCUT2D eigenvalue weighted by Crippen LogP contribution is -2.29. The Hall–Kier alpha value is -0.0151. The second-order valence-corrected chi connectivity index (χ2v) is 2.33. The van der Waals surface area contributed by atoms with Gasteiger partial charge in [0.1, 0.15) is 0 Å². The van der Waals surface area contributed by atoms with E-state index in [4.69, 9.17) is 13.1 Å². The molecule has 1 aliphatic heterocycles. The van der Waals surface area contributed by atoms with Crippen LogP contribution in [0.2, 0.25) is 0 Å². The highest BCUT2D eigenvalue weighted by molar-refractivity contribution is 6.04. The highest BCUT2D eigenvalue weighted by Crippen LogP contribution is 2.13. The SMILES string of the molecule is [B]N1CCC(O)C1C. The number of aliphatic hydroxyl groups is 1. The third-order valence-corrected chi connectivity index (χ3v) is 1.76. The van der Waals surface area contributed by atoms with Crippen molar-refractivity contribution in [3.63, 3.8) is 0 Å². The van der Waals surface area contributed by atoms with Crippen molar-refractivity contribution < 1.29 is 5.11 Å². The van der Waals surface area contributed by atoms with Gasteiger partial charge in [-0.1, -0.05) is 0 Å². The summed E-state index contributed by atoms with van der Waals surface area (Å²) >= 11 is 0. The summed E-state index contributed by atoms with van der Waals surface area (Å²) in [6.45, 7) is 2.75. The molecule has 44 valence electrons. The number of aliphatic hydroxyl groups excluding tert-OH is 1. The standard InChI is InChI=1S/C5H10BNO/c1-4-5(8)2-3-7(4)6/h4-5,8H,2-3H2,1H3. The smallest absolute Gasteiger partial charge is 0.182 e. The van der Waals surface area contributed by atoms with E-state index in [1.54, 1.807) is 4.81 Å².